The van der Waals surface area contributed by atoms with Crippen molar-refractivity contribution < 1.29 is 8.85 Å². The van der Waals surface area contributed by atoms with Crippen LogP contribution in [0.3, 0.4) is 0 Å². The Morgan fingerprint density at radius 1 is 0.943 bits per heavy atom. The Kier molecular flexibility index (Phi) is 4.16. The summed E-state index contributed by atoms with van der Waals surface area (Å²) in [5, 5.41) is 11.3. The van der Waals surface area contributed by atoms with Gasteiger partial charge in [-0.25, -0.2) is 4.98 Å². The third-order valence-corrected chi connectivity index (χ3v) is 6.10. The maximum Gasteiger partial charge on any atom is 0.137 e. The lowest BCUT2D eigenvalue weighted by atomic mass is 10.1. The summed E-state index contributed by atoms with van der Waals surface area (Å²) in [6.07, 6.45) is 5.56. The molecular formula is C29H23N5O. The second-order valence-electron chi connectivity index (χ2n) is 8.53. The number of nitrogens with zero attached hydrogens (tertiary/aromatic N) is 5. The van der Waals surface area contributed by atoms with E-state index >= 15 is 0 Å². The highest BCUT2D eigenvalue weighted by Gasteiger charge is 2.16. The van der Waals surface area contributed by atoms with Crippen molar-refractivity contribution in [3.63, 3.8) is 0 Å². The minimum atomic E-state index is -2.26. The predicted molar refractivity (Wildman–Crippen MR) is 139 cm³/mol. The lowest BCUT2D eigenvalue weighted by Crippen LogP contribution is -2.21. The average Bonchev–Trinajstić information content (AvgIpc) is 3.49. The molecule has 6 nitrogen and oxygen atoms in total. The molecule has 2 aromatic heterocycles. The molecule has 0 amide bonds. The second kappa shape index (κ2) is 8.23. The van der Waals surface area contributed by atoms with Crippen molar-refractivity contribution >= 4 is 27.5 Å². The zero-order valence-corrected chi connectivity index (χ0v) is 19.0. The van der Waals surface area contributed by atoms with Crippen molar-refractivity contribution in [2.45, 2.75) is 6.85 Å². The Hall–Kier alpha value is -4.76. The molecule has 3 heterocycles. The summed E-state index contributed by atoms with van der Waals surface area (Å²) in [6.45, 7) is -1.49. The SMILES string of the molecule is [2H]C([2H])([2H])c1ccnc(-n2c3ccc(C#N)cc3c3ccc(Oc4cccc(N5C=CN(C)C5)c4)cc32)c1. The highest BCUT2D eigenvalue weighted by atomic mass is 16.5. The van der Waals surface area contributed by atoms with E-state index in [1.165, 1.54) is 12.3 Å². The molecule has 5 aromatic rings. The van der Waals surface area contributed by atoms with Crippen molar-refractivity contribution in [2.24, 2.45) is 0 Å². The van der Waals surface area contributed by atoms with Crippen LogP contribution >= 0.6 is 0 Å². The van der Waals surface area contributed by atoms with Crippen LogP contribution in [0.1, 0.15) is 15.2 Å². The second-order valence-corrected chi connectivity index (χ2v) is 8.53. The van der Waals surface area contributed by atoms with Gasteiger partial charge in [0, 0.05) is 58.3 Å². The van der Waals surface area contributed by atoms with Gasteiger partial charge in [-0.05, 0) is 67.0 Å². The van der Waals surface area contributed by atoms with Crippen molar-refractivity contribution in [3.05, 3.63) is 103 Å². The molecule has 6 rings (SSSR count). The molecule has 1 aliphatic heterocycles. The molecule has 170 valence electrons. The normalized spacial score (nSPS) is 14.7. The first-order valence-electron chi connectivity index (χ1n) is 12.7. The molecule has 0 saturated heterocycles. The monoisotopic (exact) mass is 460 g/mol. The van der Waals surface area contributed by atoms with Gasteiger partial charge in [0.25, 0.3) is 0 Å². The van der Waals surface area contributed by atoms with Crippen LogP contribution in [0.15, 0.2) is 91.4 Å². The molecule has 0 radical (unpaired) electrons. The smallest absolute Gasteiger partial charge is 0.137 e. The van der Waals surface area contributed by atoms with Crippen LogP contribution in [0.25, 0.3) is 27.6 Å². The van der Waals surface area contributed by atoms with E-state index in [1.807, 2.05) is 78.6 Å². The van der Waals surface area contributed by atoms with E-state index in [2.05, 4.69) is 20.9 Å². The average molecular weight is 461 g/mol. The topological polar surface area (TPSA) is 57.3 Å². The zero-order valence-electron chi connectivity index (χ0n) is 22.0. The molecular weight excluding hydrogens is 434 g/mol. The molecule has 0 N–H and O–H groups in total. The van der Waals surface area contributed by atoms with E-state index in [1.54, 1.807) is 12.1 Å². The molecule has 0 aliphatic carbocycles. The number of anilines is 1. The Balaban J connectivity index is 1.47. The molecule has 0 spiro atoms. The largest absolute Gasteiger partial charge is 0.457 e. The summed E-state index contributed by atoms with van der Waals surface area (Å²) < 4.78 is 31.8. The number of aromatic nitrogens is 2. The van der Waals surface area contributed by atoms with Gasteiger partial charge in [-0.15, -0.1) is 0 Å². The Morgan fingerprint density at radius 3 is 2.69 bits per heavy atom. The molecule has 0 unspecified atom stereocenters. The molecule has 3 aromatic carbocycles. The van der Waals surface area contributed by atoms with E-state index < -0.39 is 6.85 Å². The first-order valence-corrected chi connectivity index (χ1v) is 11.2. The number of hydrogen-bond donors (Lipinski definition) is 0. The van der Waals surface area contributed by atoms with Gasteiger partial charge >= 0.3 is 0 Å². The van der Waals surface area contributed by atoms with Gasteiger partial charge in [-0.3, -0.25) is 4.57 Å². The highest BCUT2D eigenvalue weighted by Crippen LogP contribution is 2.36. The molecule has 6 heteroatoms. The van der Waals surface area contributed by atoms with Gasteiger partial charge in [0.1, 0.15) is 17.3 Å². The number of nitriles is 1. The highest BCUT2D eigenvalue weighted by molar-refractivity contribution is 6.09. The van der Waals surface area contributed by atoms with Crippen molar-refractivity contribution in [1.29, 1.82) is 5.26 Å². The van der Waals surface area contributed by atoms with Gasteiger partial charge in [0.2, 0.25) is 0 Å². The van der Waals surface area contributed by atoms with Gasteiger partial charge in [-0.2, -0.15) is 5.26 Å². The number of aryl methyl sites for hydroxylation is 1. The third kappa shape index (κ3) is 3.73. The van der Waals surface area contributed by atoms with Crippen LogP contribution in [0, 0.1) is 18.2 Å². The summed E-state index contributed by atoms with van der Waals surface area (Å²) in [7, 11) is 2.02. The number of pyridine rings is 1. The van der Waals surface area contributed by atoms with Gasteiger partial charge < -0.3 is 14.5 Å². The van der Waals surface area contributed by atoms with Crippen LogP contribution in [0.4, 0.5) is 5.69 Å². The number of fused-ring (bicyclic) bond motifs is 3. The zero-order chi connectivity index (χ0) is 26.4. The van der Waals surface area contributed by atoms with Crippen LogP contribution < -0.4 is 9.64 Å². The van der Waals surface area contributed by atoms with E-state index in [0.717, 1.165) is 34.2 Å². The van der Waals surface area contributed by atoms with Crippen LogP contribution in [-0.4, -0.2) is 28.2 Å². The van der Waals surface area contributed by atoms with E-state index in [-0.39, 0.29) is 5.56 Å². The predicted octanol–water partition coefficient (Wildman–Crippen LogP) is 6.33. The molecule has 35 heavy (non-hydrogen) atoms. The number of ether oxygens (including phenoxy) is 1. The van der Waals surface area contributed by atoms with Crippen LogP contribution in [-0.2, 0) is 0 Å². The fourth-order valence-electron chi connectivity index (χ4n) is 4.48. The Bertz CT molecular complexity index is 1770. The van der Waals surface area contributed by atoms with Crippen LogP contribution in [0.2, 0.25) is 0 Å². The molecule has 0 fully saturated rings. The van der Waals surface area contributed by atoms with Gasteiger partial charge in [0.05, 0.1) is 29.3 Å². The van der Waals surface area contributed by atoms with Crippen molar-refractivity contribution in [2.75, 3.05) is 18.6 Å². The van der Waals surface area contributed by atoms with Crippen molar-refractivity contribution in [1.82, 2.24) is 14.5 Å². The van der Waals surface area contributed by atoms with Gasteiger partial charge in [0.15, 0.2) is 0 Å². The van der Waals surface area contributed by atoms with E-state index in [9.17, 15) is 5.26 Å². The third-order valence-electron chi connectivity index (χ3n) is 6.10. The fraction of sp³-hybridized carbons (Fsp3) is 0.103. The summed E-state index contributed by atoms with van der Waals surface area (Å²) in [6, 6.07) is 24.4. The number of rotatable bonds is 4. The summed E-state index contributed by atoms with van der Waals surface area (Å²) in [5.41, 5.74) is 3.38. The lowest BCUT2D eigenvalue weighted by Gasteiger charge is -2.19. The molecule has 0 saturated carbocycles. The fourth-order valence-corrected chi connectivity index (χ4v) is 4.48. The summed E-state index contributed by atoms with van der Waals surface area (Å²) in [4.78, 5) is 8.72. The first-order chi connectivity index (χ1) is 18.3. The Morgan fingerprint density at radius 2 is 1.86 bits per heavy atom. The quantitative estimate of drug-likeness (QED) is 0.314. The van der Waals surface area contributed by atoms with E-state index in [0.29, 0.717) is 22.9 Å². The van der Waals surface area contributed by atoms with E-state index in [4.69, 9.17) is 8.85 Å². The number of benzene rings is 3. The van der Waals surface area contributed by atoms with Gasteiger partial charge in [-0.1, -0.05) is 6.07 Å². The minimum absolute atomic E-state index is 0.206. The maximum absolute atomic E-state index is 9.48. The molecule has 1 aliphatic rings. The Labute approximate surface area is 207 Å². The minimum Gasteiger partial charge on any atom is -0.457 e. The lowest BCUT2D eigenvalue weighted by molar-refractivity contribution is 0.481. The maximum atomic E-state index is 9.48. The standard InChI is InChI=1S/C29H23N5O/c1-20-10-11-31-29(14-20)34-27-9-6-21(18-30)15-26(27)25-8-7-24(17-28(25)34)35-23-5-3-4-22(16-23)33-13-12-32(2)19-33/h3-17H,19H2,1-2H3/i1D3. The molecule has 0 bridgehead atoms. The number of hydrogen-bond acceptors (Lipinski definition) is 5. The van der Waals surface area contributed by atoms with Crippen LogP contribution in [0.5, 0.6) is 11.5 Å². The van der Waals surface area contributed by atoms with Crippen molar-refractivity contribution in [3.8, 4) is 23.4 Å². The summed E-state index contributed by atoms with van der Waals surface area (Å²) >= 11 is 0. The first kappa shape index (κ1) is 17.7. The molecule has 0 atom stereocenters. The summed E-state index contributed by atoms with van der Waals surface area (Å²) in [5.74, 6) is 1.80.